The minimum Gasteiger partial charge on any atom is -0.462 e. The van der Waals surface area contributed by atoms with E-state index in [9.17, 15) is 33.5 Å². The summed E-state index contributed by atoms with van der Waals surface area (Å²) < 4.78 is 47.6. The maximum atomic E-state index is 12.6. The average molecular weight is 889 g/mol. The first-order valence-corrected chi connectivity index (χ1v) is 24.6. The maximum absolute atomic E-state index is 12.6. The summed E-state index contributed by atoms with van der Waals surface area (Å²) in [6, 6.07) is 0. The lowest BCUT2D eigenvalue weighted by Gasteiger charge is -2.20. The molecular weight excluding hydrogens is 814 g/mol. The molecular formula is C44H74O14P2. The molecule has 0 aliphatic carbocycles. The smallest absolute Gasteiger partial charge is 0.462 e. The van der Waals surface area contributed by atoms with Crippen LogP contribution in [-0.4, -0.2) is 76.1 Å². The minimum absolute atomic E-state index is 0.0229. The second kappa shape index (κ2) is 39.1. The van der Waals surface area contributed by atoms with Gasteiger partial charge in [-0.3, -0.25) is 28.0 Å². The highest BCUT2D eigenvalue weighted by Crippen LogP contribution is 2.43. The Morgan fingerprint density at radius 3 is 1.68 bits per heavy atom. The highest BCUT2D eigenvalue weighted by molar-refractivity contribution is 7.47. The Labute approximate surface area is 359 Å². The van der Waals surface area contributed by atoms with Crippen LogP contribution in [0.4, 0.5) is 0 Å². The van der Waals surface area contributed by atoms with E-state index in [1.807, 2.05) is 36.5 Å². The zero-order valence-electron chi connectivity index (χ0n) is 36.0. The van der Waals surface area contributed by atoms with E-state index in [-0.39, 0.29) is 18.6 Å². The topological polar surface area (TPSA) is 212 Å². The van der Waals surface area contributed by atoms with Crippen molar-refractivity contribution in [1.29, 1.82) is 0 Å². The monoisotopic (exact) mass is 888 g/mol. The number of rotatable bonds is 40. The third-order valence-electron chi connectivity index (χ3n) is 8.53. The fourth-order valence-corrected chi connectivity index (χ4v) is 6.36. The van der Waals surface area contributed by atoms with E-state index in [2.05, 4.69) is 47.2 Å². The van der Waals surface area contributed by atoms with Gasteiger partial charge in [0.25, 0.3) is 0 Å². The van der Waals surface area contributed by atoms with Crippen molar-refractivity contribution in [3.05, 3.63) is 72.9 Å². The van der Waals surface area contributed by atoms with Crippen LogP contribution >= 0.6 is 15.6 Å². The Balaban J connectivity index is 4.70. The molecule has 0 amide bonds. The van der Waals surface area contributed by atoms with Crippen LogP contribution in [-0.2, 0) is 46.6 Å². The number of carbonyl (C=O) groups is 3. The first-order chi connectivity index (χ1) is 28.8. The van der Waals surface area contributed by atoms with Gasteiger partial charge >= 0.3 is 27.6 Å². The molecule has 0 saturated heterocycles. The van der Waals surface area contributed by atoms with Gasteiger partial charge in [0.05, 0.1) is 19.8 Å². The molecule has 0 bridgehead atoms. The van der Waals surface area contributed by atoms with Gasteiger partial charge in [0, 0.05) is 19.3 Å². The summed E-state index contributed by atoms with van der Waals surface area (Å²) in [6.45, 7) is 1.46. The van der Waals surface area contributed by atoms with Crippen LogP contribution in [0.15, 0.2) is 72.9 Å². The summed E-state index contributed by atoms with van der Waals surface area (Å²) in [5, 5.41) is 9.74. The lowest BCUT2D eigenvalue weighted by atomic mass is 10.1. The van der Waals surface area contributed by atoms with E-state index in [0.29, 0.717) is 32.1 Å². The molecule has 0 aliphatic rings. The zero-order valence-corrected chi connectivity index (χ0v) is 37.8. The van der Waals surface area contributed by atoms with Crippen molar-refractivity contribution in [1.82, 2.24) is 0 Å². The summed E-state index contributed by atoms with van der Waals surface area (Å²) >= 11 is 0. The van der Waals surface area contributed by atoms with E-state index in [4.69, 9.17) is 23.8 Å². The number of esters is 2. The first kappa shape index (κ1) is 57.2. The van der Waals surface area contributed by atoms with E-state index < -0.39 is 66.2 Å². The van der Waals surface area contributed by atoms with Crippen molar-refractivity contribution < 1.29 is 66.3 Å². The number of hydrogen-bond donors (Lipinski definition) is 4. The van der Waals surface area contributed by atoms with Crippen LogP contribution in [0.5, 0.6) is 0 Å². The average Bonchev–Trinajstić information content (AvgIpc) is 3.20. The molecule has 0 aromatic rings. The Kier molecular flexibility index (Phi) is 37.3. The lowest BCUT2D eigenvalue weighted by molar-refractivity contribution is -0.161. The Morgan fingerprint density at radius 2 is 1.03 bits per heavy atom. The largest absolute Gasteiger partial charge is 0.472 e. The number of unbranched alkanes of at least 4 members (excludes halogenated alkanes) is 11. The summed E-state index contributed by atoms with van der Waals surface area (Å²) in [6.07, 6.45) is 38.8. The summed E-state index contributed by atoms with van der Waals surface area (Å²) in [5.74, 6) is -1.01. The standard InChI is InChI=1S/C44H74O14P2/c1-3-5-7-8-9-10-11-12-13-14-17-20-23-26-30-34-43(47)54-38-42(39-57-60(52,53)56-37-41(46)36-55-59(49,50)51)58-44(48)35-31-27-24-21-18-15-16-19-22-25-29-33-40(45)32-28-6-4-2/h9-10,12-13,15-16,21-22,24-25,29,33,41-42,46H,3-8,11,14,17-20,23,26-28,30-32,34-39H2,1-2H3,(H,52,53)(H2,49,50,51)/b10-9-,13-12-,16-15-,24-21-,25-22-,33-29+/t41-,42+/m0/s1. The number of ketones is 1. The summed E-state index contributed by atoms with van der Waals surface area (Å²) in [5.41, 5.74) is 0. The van der Waals surface area contributed by atoms with Crippen molar-refractivity contribution in [3.63, 3.8) is 0 Å². The van der Waals surface area contributed by atoms with Crippen molar-refractivity contribution in [2.75, 3.05) is 26.4 Å². The number of carbonyl (C=O) groups excluding carboxylic acids is 3. The molecule has 0 heterocycles. The summed E-state index contributed by atoms with van der Waals surface area (Å²) in [7, 11) is -9.72. The quantitative estimate of drug-likeness (QED) is 0.0113. The summed E-state index contributed by atoms with van der Waals surface area (Å²) in [4.78, 5) is 64.4. The van der Waals surface area contributed by atoms with Crippen molar-refractivity contribution in [3.8, 4) is 0 Å². The predicted molar refractivity (Wildman–Crippen MR) is 235 cm³/mol. The van der Waals surface area contributed by atoms with Crippen molar-refractivity contribution in [2.45, 2.75) is 161 Å². The van der Waals surface area contributed by atoms with Gasteiger partial charge in [0.1, 0.15) is 12.7 Å². The van der Waals surface area contributed by atoms with Gasteiger partial charge in [0.2, 0.25) is 0 Å². The minimum atomic E-state index is -4.88. The van der Waals surface area contributed by atoms with Gasteiger partial charge in [-0.1, -0.05) is 126 Å². The van der Waals surface area contributed by atoms with Crippen LogP contribution < -0.4 is 0 Å². The highest BCUT2D eigenvalue weighted by Gasteiger charge is 2.28. The number of hydrogen-bond acceptors (Lipinski definition) is 11. The van der Waals surface area contributed by atoms with Gasteiger partial charge < -0.3 is 29.3 Å². The van der Waals surface area contributed by atoms with Crippen LogP contribution in [0.3, 0.4) is 0 Å². The SMILES string of the molecule is CCCCC/C=C\C/C=C\CCCCCCCC(=O)OC[C@H](COP(=O)(O)OC[C@@H](O)COP(=O)(O)O)OC(=O)CCC/C=C\C/C=C\C/C=C\C=C\C(=O)CCCCC. The van der Waals surface area contributed by atoms with Crippen molar-refractivity contribution in [2.24, 2.45) is 0 Å². The van der Waals surface area contributed by atoms with E-state index in [0.717, 1.165) is 70.6 Å². The van der Waals surface area contributed by atoms with Gasteiger partial charge in [-0.25, -0.2) is 9.13 Å². The zero-order chi connectivity index (χ0) is 44.6. The molecule has 344 valence electrons. The normalized spacial score (nSPS) is 14.6. The number of aliphatic hydroxyl groups excluding tert-OH is 1. The number of aliphatic hydroxyl groups is 1. The molecule has 4 N–H and O–H groups in total. The van der Waals surface area contributed by atoms with Gasteiger partial charge in [-0.2, -0.15) is 0 Å². The molecule has 0 aliphatic heterocycles. The number of allylic oxidation sites excluding steroid dienone is 12. The number of phosphoric ester groups is 2. The lowest BCUT2D eigenvalue weighted by Crippen LogP contribution is -2.29. The van der Waals surface area contributed by atoms with Gasteiger partial charge in [-0.05, 0) is 76.7 Å². The number of ether oxygens (including phenoxy) is 2. The molecule has 0 fully saturated rings. The van der Waals surface area contributed by atoms with Crippen LogP contribution in [0.2, 0.25) is 0 Å². The maximum Gasteiger partial charge on any atom is 0.472 e. The predicted octanol–water partition coefficient (Wildman–Crippen LogP) is 10.2. The molecule has 16 heteroatoms. The Bertz CT molecular complexity index is 1400. The molecule has 0 spiro atoms. The Morgan fingerprint density at radius 1 is 0.533 bits per heavy atom. The second-order valence-electron chi connectivity index (χ2n) is 14.3. The van der Waals surface area contributed by atoms with Gasteiger partial charge in [-0.15, -0.1) is 0 Å². The second-order valence-corrected chi connectivity index (χ2v) is 17.0. The number of phosphoric acid groups is 2. The molecule has 14 nitrogen and oxygen atoms in total. The molecule has 60 heavy (non-hydrogen) atoms. The van der Waals surface area contributed by atoms with Crippen LogP contribution in [0.1, 0.15) is 149 Å². The Hall–Kier alpha value is -2.77. The molecule has 0 radical (unpaired) electrons. The molecule has 1 unspecified atom stereocenters. The van der Waals surface area contributed by atoms with E-state index in [1.54, 1.807) is 12.2 Å². The van der Waals surface area contributed by atoms with E-state index >= 15 is 0 Å². The van der Waals surface area contributed by atoms with Gasteiger partial charge in [0.15, 0.2) is 11.9 Å². The highest BCUT2D eigenvalue weighted by atomic mass is 31.2. The fraction of sp³-hybridized carbons (Fsp3) is 0.659. The third-order valence-corrected chi connectivity index (χ3v) is 9.97. The molecule has 0 saturated carbocycles. The van der Waals surface area contributed by atoms with Crippen LogP contribution in [0.25, 0.3) is 0 Å². The molecule has 0 aromatic heterocycles. The third kappa shape index (κ3) is 41.9. The molecule has 3 atom stereocenters. The fourth-order valence-electron chi connectivity index (χ4n) is 5.21. The molecule has 0 rings (SSSR count). The van der Waals surface area contributed by atoms with Crippen molar-refractivity contribution >= 4 is 33.4 Å². The van der Waals surface area contributed by atoms with E-state index in [1.165, 1.54) is 19.3 Å². The first-order valence-electron chi connectivity index (χ1n) is 21.6. The van der Waals surface area contributed by atoms with Crippen LogP contribution in [0, 0.1) is 0 Å². The molecule has 0 aromatic carbocycles.